The molecule has 0 bridgehead atoms. The third-order valence-electron chi connectivity index (χ3n) is 3.10. The molecule has 0 aliphatic carbocycles. The van der Waals surface area contributed by atoms with Gasteiger partial charge in [-0.1, -0.05) is 25.7 Å². The van der Waals surface area contributed by atoms with Crippen molar-refractivity contribution in [3.8, 4) is 11.8 Å². The molecule has 0 aromatic carbocycles. The molecule has 1 rings (SSSR count). The average Bonchev–Trinajstić information content (AvgIpc) is 2.49. The van der Waals surface area contributed by atoms with E-state index in [9.17, 15) is 4.79 Å². The minimum atomic E-state index is -0.149. The fourth-order valence-corrected chi connectivity index (χ4v) is 1.72. The number of aromatic nitrogens is 1. The summed E-state index contributed by atoms with van der Waals surface area (Å²) >= 11 is 0. The highest BCUT2D eigenvalue weighted by atomic mass is 16.5. The first-order chi connectivity index (χ1) is 10.00. The Labute approximate surface area is 126 Å². The van der Waals surface area contributed by atoms with Crippen LogP contribution in [0.15, 0.2) is 18.5 Å². The first kappa shape index (κ1) is 17.2. The van der Waals surface area contributed by atoms with Crippen LogP contribution in [0.2, 0.25) is 0 Å². The standard InChI is InChI=1S/C16H23N3O2/c1-16(2,7-10-21-3)12-19-15(20)14-6-9-18-11-13(14)5-4-8-17/h6,9,11H,7-8,10,12,17H2,1-3H3,(H,19,20). The van der Waals surface area contributed by atoms with Crippen LogP contribution in [0.5, 0.6) is 0 Å². The lowest BCUT2D eigenvalue weighted by Crippen LogP contribution is -2.35. The largest absolute Gasteiger partial charge is 0.385 e. The molecule has 1 aromatic heterocycles. The van der Waals surface area contributed by atoms with Crippen molar-refractivity contribution in [3.05, 3.63) is 29.6 Å². The van der Waals surface area contributed by atoms with E-state index in [1.165, 1.54) is 0 Å². The van der Waals surface area contributed by atoms with Crippen molar-refractivity contribution < 1.29 is 9.53 Å². The van der Waals surface area contributed by atoms with E-state index in [0.717, 1.165) is 6.42 Å². The third kappa shape index (κ3) is 5.94. The molecule has 1 amide bonds. The smallest absolute Gasteiger partial charge is 0.252 e. The van der Waals surface area contributed by atoms with Crippen LogP contribution in [-0.4, -0.2) is 37.7 Å². The number of carbonyl (C=O) groups is 1. The number of pyridine rings is 1. The Morgan fingerprint density at radius 1 is 1.52 bits per heavy atom. The molecule has 1 aromatic rings. The van der Waals surface area contributed by atoms with Gasteiger partial charge in [-0.3, -0.25) is 9.78 Å². The van der Waals surface area contributed by atoms with Crippen molar-refractivity contribution >= 4 is 5.91 Å². The second kappa shape index (κ2) is 8.40. The average molecular weight is 289 g/mol. The molecule has 5 heteroatoms. The summed E-state index contributed by atoms with van der Waals surface area (Å²) in [4.78, 5) is 16.3. The summed E-state index contributed by atoms with van der Waals surface area (Å²) < 4.78 is 5.08. The highest BCUT2D eigenvalue weighted by Crippen LogP contribution is 2.19. The predicted octanol–water partition coefficient (Wildman–Crippen LogP) is 1.18. The van der Waals surface area contributed by atoms with Crippen molar-refractivity contribution in [3.63, 3.8) is 0 Å². The molecule has 0 aliphatic heterocycles. The zero-order valence-corrected chi connectivity index (χ0v) is 12.9. The lowest BCUT2D eigenvalue weighted by Gasteiger charge is -2.24. The van der Waals surface area contributed by atoms with Gasteiger partial charge in [-0.15, -0.1) is 0 Å². The van der Waals surface area contributed by atoms with E-state index >= 15 is 0 Å². The van der Waals surface area contributed by atoms with Crippen LogP contribution in [-0.2, 0) is 4.74 Å². The highest BCUT2D eigenvalue weighted by molar-refractivity contribution is 5.96. The van der Waals surface area contributed by atoms with Crippen molar-refractivity contribution in [2.45, 2.75) is 20.3 Å². The van der Waals surface area contributed by atoms with Crippen LogP contribution in [0.3, 0.4) is 0 Å². The van der Waals surface area contributed by atoms with Crippen LogP contribution in [0.1, 0.15) is 36.2 Å². The molecule has 0 aliphatic rings. The first-order valence-electron chi connectivity index (χ1n) is 6.90. The van der Waals surface area contributed by atoms with Crippen LogP contribution in [0.4, 0.5) is 0 Å². The maximum Gasteiger partial charge on any atom is 0.252 e. The molecule has 3 N–H and O–H groups in total. The van der Waals surface area contributed by atoms with E-state index in [-0.39, 0.29) is 17.9 Å². The van der Waals surface area contributed by atoms with Crippen LogP contribution in [0, 0.1) is 17.3 Å². The topological polar surface area (TPSA) is 77.2 Å². The molecule has 0 saturated carbocycles. The number of hydrogen-bond acceptors (Lipinski definition) is 4. The Bertz CT molecular complexity index is 530. The van der Waals surface area contributed by atoms with Crippen molar-refractivity contribution in [1.29, 1.82) is 0 Å². The zero-order valence-electron chi connectivity index (χ0n) is 12.9. The van der Waals surface area contributed by atoms with Gasteiger partial charge in [-0.05, 0) is 17.9 Å². The summed E-state index contributed by atoms with van der Waals surface area (Å²) in [5.41, 5.74) is 6.45. The molecular formula is C16H23N3O2. The second-order valence-corrected chi connectivity index (χ2v) is 5.52. The fourth-order valence-electron chi connectivity index (χ4n) is 1.72. The monoisotopic (exact) mass is 289 g/mol. The number of nitrogens with one attached hydrogen (secondary N) is 1. The van der Waals surface area contributed by atoms with E-state index in [1.54, 1.807) is 25.6 Å². The quantitative estimate of drug-likeness (QED) is 0.771. The lowest BCUT2D eigenvalue weighted by atomic mass is 9.89. The molecule has 1 heterocycles. The normalized spacial score (nSPS) is 10.7. The van der Waals surface area contributed by atoms with Gasteiger partial charge in [0.1, 0.15) is 0 Å². The number of methoxy groups -OCH3 is 1. The third-order valence-corrected chi connectivity index (χ3v) is 3.10. The molecule has 21 heavy (non-hydrogen) atoms. The Kier molecular flexibility index (Phi) is 6.86. The summed E-state index contributed by atoms with van der Waals surface area (Å²) in [6, 6.07) is 1.66. The molecule has 5 nitrogen and oxygen atoms in total. The molecule has 0 saturated heterocycles. The molecule has 114 valence electrons. The summed E-state index contributed by atoms with van der Waals surface area (Å²) in [5, 5.41) is 2.94. The maximum absolute atomic E-state index is 12.3. The van der Waals surface area contributed by atoms with E-state index < -0.39 is 0 Å². The number of amides is 1. The minimum absolute atomic E-state index is 0.0260. The number of nitrogens with zero attached hydrogens (tertiary/aromatic N) is 1. The Balaban J connectivity index is 2.72. The number of ether oxygens (including phenoxy) is 1. The van der Waals surface area contributed by atoms with Gasteiger partial charge in [0.25, 0.3) is 5.91 Å². The SMILES string of the molecule is COCCC(C)(C)CNC(=O)c1ccncc1C#CCN. The van der Waals surface area contributed by atoms with Gasteiger partial charge in [-0.2, -0.15) is 0 Å². The van der Waals surface area contributed by atoms with Gasteiger partial charge in [-0.25, -0.2) is 0 Å². The predicted molar refractivity (Wildman–Crippen MR) is 82.8 cm³/mol. The maximum atomic E-state index is 12.3. The second-order valence-electron chi connectivity index (χ2n) is 5.52. The zero-order chi connectivity index (χ0) is 15.7. The summed E-state index contributed by atoms with van der Waals surface area (Å²) in [5.74, 6) is 5.46. The van der Waals surface area contributed by atoms with E-state index in [0.29, 0.717) is 24.3 Å². The Morgan fingerprint density at radius 3 is 2.95 bits per heavy atom. The molecule has 0 radical (unpaired) electrons. The van der Waals surface area contributed by atoms with Crippen molar-refractivity contribution in [2.24, 2.45) is 11.1 Å². The van der Waals surface area contributed by atoms with E-state index in [4.69, 9.17) is 10.5 Å². The van der Waals surface area contributed by atoms with Crippen LogP contribution >= 0.6 is 0 Å². The van der Waals surface area contributed by atoms with E-state index in [1.807, 2.05) is 0 Å². The number of hydrogen-bond donors (Lipinski definition) is 2. The number of carbonyl (C=O) groups excluding carboxylic acids is 1. The van der Waals surface area contributed by atoms with Gasteiger partial charge in [0.15, 0.2) is 0 Å². The summed E-state index contributed by atoms with van der Waals surface area (Å²) in [6.45, 7) is 5.68. The lowest BCUT2D eigenvalue weighted by molar-refractivity contribution is 0.0920. The molecule has 0 atom stereocenters. The summed E-state index contributed by atoms with van der Waals surface area (Å²) in [7, 11) is 1.67. The van der Waals surface area contributed by atoms with Gasteiger partial charge >= 0.3 is 0 Å². The molecule has 0 unspecified atom stereocenters. The van der Waals surface area contributed by atoms with Gasteiger partial charge in [0, 0.05) is 32.7 Å². The number of nitrogens with two attached hydrogens (primary N) is 1. The molecular weight excluding hydrogens is 266 g/mol. The number of rotatable bonds is 6. The van der Waals surface area contributed by atoms with Gasteiger partial charge in [0.2, 0.25) is 0 Å². The molecule has 0 spiro atoms. The molecule has 0 fully saturated rings. The van der Waals surface area contributed by atoms with E-state index in [2.05, 4.69) is 36.0 Å². The fraction of sp³-hybridized carbons (Fsp3) is 0.500. The Morgan fingerprint density at radius 2 is 2.29 bits per heavy atom. The van der Waals surface area contributed by atoms with Gasteiger partial charge < -0.3 is 15.8 Å². The highest BCUT2D eigenvalue weighted by Gasteiger charge is 2.19. The summed E-state index contributed by atoms with van der Waals surface area (Å²) in [6.07, 6.45) is 4.03. The van der Waals surface area contributed by atoms with Crippen LogP contribution in [0.25, 0.3) is 0 Å². The minimum Gasteiger partial charge on any atom is -0.385 e. The Hall–Kier alpha value is -1.90. The van der Waals surface area contributed by atoms with Crippen molar-refractivity contribution in [1.82, 2.24) is 10.3 Å². The van der Waals surface area contributed by atoms with Gasteiger partial charge in [0.05, 0.1) is 17.7 Å². The van der Waals surface area contributed by atoms with Crippen LogP contribution < -0.4 is 11.1 Å². The first-order valence-corrected chi connectivity index (χ1v) is 6.90. The van der Waals surface area contributed by atoms with Crippen molar-refractivity contribution in [2.75, 3.05) is 26.8 Å².